The highest BCUT2D eigenvalue weighted by molar-refractivity contribution is 5.90. The first-order valence-electron chi connectivity index (χ1n) is 5.65. The predicted molar refractivity (Wildman–Crippen MR) is 69.3 cm³/mol. The van der Waals surface area contributed by atoms with Crippen LogP contribution in [0.15, 0.2) is 48.7 Å². The minimum absolute atomic E-state index is 0.121. The highest BCUT2D eigenvalue weighted by atomic mass is 16.5. The number of carbonyl (C=O) groups excluding carboxylic acids is 1. The molecule has 0 aliphatic rings. The minimum Gasteiger partial charge on any atom is -0.485 e. The Bertz CT molecular complexity index is 526. The van der Waals surface area contributed by atoms with E-state index in [4.69, 9.17) is 4.74 Å². The number of pyridine rings is 1. The number of nitrogens with one attached hydrogen (secondary N) is 1. The van der Waals surface area contributed by atoms with Gasteiger partial charge < -0.3 is 10.1 Å². The summed E-state index contributed by atoms with van der Waals surface area (Å²) >= 11 is 0. The SMILES string of the molecule is CC(=O)Nc1ccccc1OCc1ccccn1. The van der Waals surface area contributed by atoms with Gasteiger partial charge in [0.05, 0.1) is 11.4 Å². The van der Waals surface area contributed by atoms with Gasteiger partial charge >= 0.3 is 0 Å². The second-order valence-electron chi connectivity index (χ2n) is 3.79. The lowest BCUT2D eigenvalue weighted by Gasteiger charge is -2.11. The maximum Gasteiger partial charge on any atom is 0.221 e. The zero-order chi connectivity index (χ0) is 12.8. The summed E-state index contributed by atoms with van der Waals surface area (Å²) in [5.74, 6) is 0.516. The number of benzene rings is 1. The summed E-state index contributed by atoms with van der Waals surface area (Å²) in [6.45, 7) is 1.84. The van der Waals surface area contributed by atoms with Gasteiger partial charge in [0.2, 0.25) is 5.91 Å². The van der Waals surface area contributed by atoms with Crippen molar-refractivity contribution in [1.29, 1.82) is 0 Å². The number of hydrogen-bond acceptors (Lipinski definition) is 3. The normalized spacial score (nSPS) is 9.83. The predicted octanol–water partition coefficient (Wildman–Crippen LogP) is 2.62. The molecule has 0 bridgehead atoms. The molecule has 0 fully saturated rings. The van der Waals surface area contributed by atoms with E-state index in [0.29, 0.717) is 18.0 Å². The van der Waals surface area contributed by atoms with Crippen molar-refractivity contribution in [2.24, 2.45) is 0 Å². The minimum atomic E-state index is -0.121. The van der Waals surface area contributed by atoms with Crippen LogP contribution in [0.25, 0.3) is 0 Å². The molecule has 0 saturated heterocycles. The third-order valence-corrected chi connectivity index (χ3v) is 2.30. The Morgan fingerprint density at radius 3 is 2.72 bits per heavy atom. The summed E-state index contributed by atoms with van der Waals surface area (Å²) in [4.78, 5) is 15.2. The van der Waals surface area contributed by atoms with Gasteiger partial charge in [0, 0.05) is 13.1 Å². The molecule has 18 heavy (non-hydrogen) atoms. The van der Waals surface area contributed by atoms with Crippen LogP contribution in [0.2, 0.25) is 0 Å². The number of anilines is 1. The molecule has 2 rings (SSSR count). The van der Waals surface area contributed by atoms with E-state index < -0.39 is 0 Å². The van der Waals surface area contributed by atoms with Crippen molar-refractivity contribution in [3.63, 3.8) is 0 Å². The van der Waals surface area contributed by atoms with Crippen molar-refractivity contribution >= 4 is 11.6 Å². The zero-order valence-electron chi connectivity index (χ0n) is 10.1. The van der Waals surface area contributed by atoms with Gasteiger partial charge in [-0.15, -0.1) is 0 Å². The third-order valence-electron chi connectivity index (χ3n) is 2.30. The van der Waals surface area contributed by atoms with E-state index >= 15 is 0 Å². The molecule has 4 nitrogen and oxygen atoms in total. The number of nitrogens with zero attached hydrogens (tertiary/aromatic N) is 1. The Kier molecular flexibility index (Phi) is 3.91. The maximum atomic E-state index is 11.1. The largest absolute Gasteiger partial charge is 0.485 e. The molecule has 0 unspecified atom stereocenters. The standard InChI is InChI=1S/C14H14N2O2/c1-11(17)16-13-7-2-3-8-14(13)18-10-12-6-4-5-9-15-12/h2-9H,10H2,1H3,(H,16,17). The van der Waals surface area contributed by atoms with Gasteiger partial charge in [0.1, 0.15) is 12.4 Å². The van der Waals surface area contributed by atoms with Crippen LogP contribution in [-0.2, 0) is 11.4 Å². The fraction of sp³-hybridized carbons (Fsp3) is 0.143. The van der Waals surface area contributed by atoms with Crippen molar-refractivity contribution in [3.05, 3.63) is 54.4 Å². The molecule has 0 radical (unpaired) electrons. The van der Waals surface area contributed by atoms with Gasteiger partial charge in [0.25, 0.3) is 0 Å². The van der Waals surface area contributed by atoms with Crippen LogP contribution in [0.4, 0.5) is 5.69 Å². The van der Waals surface area contributed by atoms with Crippen LogP contribution in [0.5, 0.6) is 5.75 Å². The Morgan fingerprint density at radius 2 is 2.00 bits per heavy atom. The molecule has 0 aliphatic carbocycles. The van der Waals surface area contributed by atoms with E-state index in [9.17, 15) is 4.79 Å². The Hall–Kier alpha value is -2.36. The second-order valence-corrected chi connectivity index (χ2v) is 3.79. The van der Waals surface area contributed by atoms with Crippen LogP contribution in [0, 0.1) is 0 Å². The molecule has 1 heterocycles. The van der Waals surface area contributed by atoms with Gasteiger partial charge in [-0.1, -0.05) is 18.2 Å². The molecule has 4 heteroatoms. The molecule has 0 atom stereocenters. The zero-order valence-corrected chi connectivity index (χ0v) is 10.1. The molecular weight excluding hydrogens is 228 g/mol. The quantitative estimate of drug-likeness (QED) is 0.896. The molecule has 0 spiro atoms. The van der Waals surface area contributed by atoms with E-state index in [0.717, 1.165) is 5.69 Å². The summed E-state index contributed by atoms with van der Waals surface area (Å²) in [6, 6.07) is 13.0. The molecule has 0 saturated carbocycles. The molecular formula is C14H14N2O2. The van der Waals surface area contributed by atoms with E-state index in [1.54, 1.807) is 12.3 Å². The molecule has 0 aliphatic heterocycles. The monoisotopic (exact) mass is 242 g/mol. The molecule has 1 N–H and O–H groups in total. The topological polar surface area (TPSA) is 51.2 Å². The Labute approximate surface area is 106 Å². The molecule has 1 amide bonds. The Morgan fingerprint density at radius 1 is 1.22 bits per heavy atom. The van der Waals surface area contributed by atoms with Crippen molar-refractivity contribution in [3.8, 4) is 5.75 Å². The van der Waals surface area contributed by atoms with E-state index in [1.807, 2.05) is 36.4 Å². The second kappa shape index (κ2) is 5.82. The summed E-state index contributed by atoms with van der Waals surface area (Å²) in [5.41, 5.74) is 1.51. The van der Waals surface area contributed by atoms with E-state index in [-0.39, 0.29) is 5.91 Å². The lowest BCUT2D eigenvalue weighted by molar-refractivity contribution is -0.114. The maximum absolute atomic E-state index is 11.1. The number of ether oxygens (including phenoxy) is 1. The summed E-state index contributed by atoms with van der Waals surface area (Å²) < 4.78 is 5.65. The number of aromatic nitrogens is 1. The van der Waals surface area contributed by atoms with Crippen LogP contribution in [0.1, 0.15) is 12.6 Å². The first kappa shape index (κ1) is 12.1. The Balaban J connectivity index is 2.07. The fourth-order valence-electron chi connectivity index (χ4n) is 1.52. The van der Waals surface area contributed by atoms with Crippen molar-refractivity contribution in [2.75, 3.05) is 5.32 Å². The number of hydrogen-bond donors (Lipinski definition) is 1. The summed E-state index contributed by atoms with van der Waals surface area (Å²) in [5, 5.41) is 2.73. The van der Waals surface area contributed by atoms with Gasteiger partial charge in [-0.3, -0.25) is 9.78 Å². The van der Waals surface area contributed by atoms with Crippen LogP contribution >= 0.6 is 0 Å². The third kappa shape index (κ3) is 3.31. The lowest BCUT2D eigenvalue weighted by Crippen LogP contribution is -2.08. The summed E-state index contributed by atoms with van der Waals surface area (Å²) in [7, 11) is 0. The average molecular weight is 242 g/mol. The number of para-hydroxylation sites is 2. The fourth-order valence-corrected chi connectivity index (χ4v) is 1.52. The molecule has 1 aromatic heterocycles. The summed E-state index contributed by atoms with van der Waals surface area (Å²) in [6.07, 6.45) is 1.72. The van der Waals surface area contributed by atoms with Crippen LogP contribution in [0.3, 0.4) is 0 Å². The molecule has 2 aromatic rings. The van der Waals surface area contributed by atoms with Gasteiger partial charge in [-0.2, -0.15) is 0 Å². The molecule has 92 valence electrons. The van der Waals surface area contributed by atoms with Crippen LogP contribution in [-0.4, -0.2) is 10.9 Å². The van der Waals surface area contributed by atoms with Gasteiger partial charge in [0.15, 0.2) is 0 Å². The van der Waals surface area contributed by atoms with E-state index in [2.05, 4.69) is 10.3 Å². The lowest BCUT2D eigenvalue weighted by atomic mass is 10.3. The number of rotatable bonds is 4. The average Bonchev–Trinajstić information content (AvgIpc) is 2.38. The molecule has 1 aromatic carbocycles. The highest BCUT2D eigenvalue weighted by Crippen LogP contribution is 2.24. The smallest absolute Gasteiger partial charge is 0.221 e. The highest BCUT2D eigenvalue weighted by Gasteiger charge is 2.04. The van der Waals surface area contributed by atoms with Crippen molar-refractivity contribution < 1.29 is 9.53 Å². The van der Waals surface area contributed by atoms with E-state index in [1.165, 1.54) is 6.92 Å². The van der Waals surface area contributed by atoms with Gasteiger partial charge in [-0.05, 0) is 24.3 Å². The number of carbonyl (C=O) groups is 1. The van der Waals surface area contributed by atoms with Crippen LogP contribution < -0.4 is 10.1 Å². The van der Waals surface area contributed by atoms with Gasteiger partial charge in [-0.25, -0.2) is 0 Å². The first-order chi connectivity index (χ1) is 8.75. The number of amides is 1. The van der Waals surface area contributed by atoms with Crippen molar-refractivity contribution in [2.45, 2.75) is 13.5 Å². The van der Waals surface area contributed by atoms with Crippen molar-refractivity contribution in [1.82, 2.24) is 4.98 Å². The first-order valence-corrected chi connectivity index (χ1v) is 5.65.